The SMILES string of the molecule is COc1cc2ccc(Br)cc2cc1[C@@H](c1ccccc1)[C@@](O)(CCN(C)C)c1cccc2ccccc12. The lowest BCUT2D eigenvalue weighted by Crippen LogP contribution is -2.38. The normalized spacial score (nSPS) is 14.1. The summed E-state index contributed by atoms with van der Waals surface area (Å²) >= 11 is 3.63. The van der Waals surface area contributed by atoms with Gasteiger partial charge in [-0.05, 0) is 77.5 Å². The summed E-state index contributed by atoms with van der Waals surface area (Å²) in [5, 5.41) is 17.4. The van der Waals surface area contributed by atoms with E-state index in [4.69, 9.17) is 4.74 Å². The molecule has 1 N–H and O–H groups in total. The molecule has 0 aliphatic heterocycles. The van der Waals surface area contributed by atoms with E-state index in [1.807, 2.05) is 36.4 Å². The van der Waals surface area contributed by atoms with Gasteiger partial charge in [-0.3, -0.25) is 0 Å². The van der Waals surface area contributed by atoms with Crippen LogP contribution in [0, 0.1) is 0 Å². The van der Waals surface area contributed by atoms with Gasteiger partial charge in [-0.2, -0.15) is 0 Å². The summed E-state index contributed by atoms with van der Waals surface area (Å²) in [7, 11) is 5.81. The first-order valence-electron chi connectivity index (χ1n) is 12.6. The first-order chi connectivity index (χ1) is 17.9. The Morgan fingerprint density at radius 3 is 2.30 bits per heavy atom. The van der Waals surface area contributed by atoms with E-state index in [0.717, 1.165) is 55.0 Å². The molecule has 4 heteroatoms. The number of benzene rings is 5. The van der Waals surface area contributed by atoms with Crippen molar-refractivity contribution in [3.8, 4) is 5.75 Å². The van der Waals surface area contributed by atoms with E-state index in [1.165, 1.54) is 0 Å². The van der Waals surface area contributed by atoms with E-state index in [1.54, 1.807) is 7.11 Å². The van der Waals surface area contributed by atoms with Crippen LogP contribution in [0.5, 0.6) is 5.75 Å². The van der Waals surface area contributed by atoms with Crippen LogP contribution < -0.4 is 4.74 Å². The van der Waals surface area contributed by atoms with Gasteiger partial charge in [0.25, 0.3) is 0 Å². The topological polar surface area (TPSA) is 32.7 Å². The summed E-state index contributed by atoms with van der Waals surface area (Å²) in [6.07, 6.45) is 0.549. The van der Waals surface area contributed by atoms with Gasteiger partial charge in [0.15, 0.2) is 0 Å². The lowest BCUT2D eigenvalue weighted by atomic mass is 9.70. The highest BCUT2D eigenvalue weighted by molar-refractivity contribution is 9.10. The zero-order valence-corrected chi connectivity index (χ0v) is 23.1. The van der Waals surface area contributed by atoms with Gasteiger partial charge in [-0.25, -0.2) is 0 Å². The minimum Gasteiger partial charge on any atom is -0.496 e. The highest BCUT2D eigenvalue weighted by Crippen LogP contribution is 2.49. The van der Waals surface area contributed by atoms with Crippen molar-refractivity contribution < 1.29 is 9.84 Å². The van der Waals surface area contributed by atoms with Crippen molar-refractivity contribution in [2.45, 2.75) is 17.9 Å². The fraction of sp³-hybridized carbons (Fsp3) is 0.212. The largest absolute Gasteiger partial charge is 0.496 e. The molecule has 0 saturated carbocycles. The third kappa shape index (κ3) is 5.02. The Labute approximate surface area is 227 Å². The van der Waals surface area contributed by atoms with Crippen LogP contribution in [-0.2, 0) is 5.60 Å². The van der Waals surface area contributed by atoms with E-state index in [2.05, 4.69) is 102 Å². The van der Waals surface area contributed by atoms with E-state index in [9.17, 15) is 5.11 Å². The van der Waals surface area contributed by atoms with Crippen LogP contribution in [0.2, 0.25) is 0 Å². The molecule has 0 heterocycles. The first kappa shape index (κ1) is 25.5. The molecule has 0 unspecified atom stereocenters. The van der Waals surface area contributed by atoms with Gasteiger partial charge >= 0.3 is 0 Å². The monoisotopic (exact) mass is 553 g/mol. The maximum Gasteiger partial charge on any atom is 0.123 e. The minimum atomic E-state index is -1.21. The van der Waals surface area contributed by atoms with Crippen LogP contribution in [0.4, 0.5) is 0 Å². The predicted octanol–water partition coefficient (Wildman–Crippen LogP) is 7.74. The second kappa shape index (κ2) is 10.7. The minimum absolute atomic E-state index is 0.363. The molecule has 0 radical (unpaired) electrons. The molecule has 0 bridgehead atoms. The smallest absolute Gasteiger partial charge is 0.123 e. The molecule has 3 nitrogen and oxygen atoms in total. The number of rotatable bonds is 8. The second-order valence-electron chi connectivity index (χ2n) is 9.93. The molecule has 0 amide bonds. The molecular formula is C33H32BrNO2. The molecule has 0 saturated heterocycles. The van der Waals surface area contributed by atoms with Crippen LogP contribution >= 0.6 is 15.9 Å². The third-order valence-electron chi connectivity index (χ3n) is 7.27. The lowest BCUT2D eigenvalue weighted by molar-refractivity contribution is 0.00534. The number of hydrogen-bond acceptors (Lipinski definition) is 3. The Morgan fingerprint density at radius 2 is 1.54 bits per heavy atom. The fourth-order valence-corrected chi connectivity index (χ4v) is 5.84. The third-order valence-corrected chi connectivity index (χ3v) is 7.76. The Balaban J connectivity index is 1.84. The zero-order valence-electron chi connectivity index (χ0n) is 21.5. The maximum absolute atomic E-state index is 13.1. The fourth-order valence-electron chi connectivity index (χ4n) is 5.46. The van der Waals surface area contributed by atoms with Crippen molar-refractivity contribution in [3.63, 3.8) is 0 Å². The summed E-state index contributed by atoms with van der Waals surface area (Å²) in [4.78, 5) is 2.13. The van der Waals surface area contributed by atoms with Crippen LogP contribution in [0.3, 0.4) is 0 Å². The standard InChI is InChI=1S/C33H32BrNO2/c1-35(2)19-18-33(36,30-15-9-13-23-10-7-8-14-28(23)30)32(24-11-5-4-6-12-24)29-21-26-20-27(34)17-16-25(26)22-31(29)37-3/h4-17,20-22,32,36H,18-19H2,1-3H3/t32-,33-/m1/s1. The van der Waals surface area contributed by atoms with Crippen LogP contribution in [0.25, 0.3) is 21.5 Å². The van der Waals surface area contributed by atoms with E-state index < -0.39 is 5.60 Å². The van der Waals surface area contributed by atoms with Crippen molar-refractivity contribution in [1.82, 2.24) is 4.90 Å². The van der Waals surface area contributed by atoms with Gasteiger partial charge in [-0.15, -0.1) is 0 Å². The number of nitrogens with zero attached hydrogens (tertiary/aromatic N) is 1. The molecule has 5 rings (SSSR count). The van der Waals surface area contributed by atoms with E-state index in [0.29, 0.717) is 6.42 Å². The summed E-state index contributed by atoms with van der Waals surface area (Å²) in [5.41, 5.74) is 1.73. The average molecular weight is 555 g/mol. The van der Waals surface area contributed by atoms with Crippen LogP contribution in [-0.4, -0.2) is 37.8 Å². The van der Waals surface area contributed by atoms with Gasteiger partial charge < -0.3 is 14.7 Å². The van der Waals surface area contributed by atoms with Gasteiger partial charge in [-0.1, -0.05) is 94.8 Å². The number of hydrogen-bond donors (Lipinski definition) is 1. The Kier molecular flexibility index (Phi) is 7.34. The van der Waals surface area contributed by atoms with Gasteiger partial charge in [0.05, 0.1) is 7.11 Å². The molecule has 5 aromatic carbocycles. The number of aliphatic hydroxyl groups is 1. The first-order valence-corrected chi connectivity index (χ1v) is 13.4. The molecule has 0 aliphatic rings. The van der Waals surface area contributed by atoms with Crippen molar-refractivity contribution in [2.75, 3.05) is 27.7 Å². The molecule has 2 atom stereocenters. The molecular weight excluding hydrogens is 522 g/mol. The average Bonchev–Trinajstić information content (AvgIpc) is 2.92. The Bertz CT molecular complexity index is 1530. The number of halogens is 1. The molecule has 0 fully saturated rings. The van der Waals surface area contributed by atoms with E-state index >= 15 is 0 Å². The number of ether oxygens (including phenoxy) is 1. The van der Waals surface area contributed by atoms with Gasteiger partial charge in [0.2, 0.25) is 0 Å². The van der Waals surface area contributed by atoms with Crippen LogP contribution in [0.15, 0.2) is 108 Å². The highest BCUT2D eigenvalue weighted by Gasteiger charge is 2.42. The highest BCUT2D eigenvalue weighted by atomic mass is 79.9. The van der Waals surface area contributed by atoms with Crippen molar-refractivity contribution >= 4 is 37.5 Å². The molecule has 5 aromatic rings. The predicted molar refractivity (Wildman–Crippen MR) is 158 cm³/mol. The summed E-state index contributed by atoms with van der Waals surface area (Å²) in [6.45, 7) is 0.727. The van der Waals surface area contributed by atoms with Gasteiger partial charge in [0, 0.05) is 22.5 Å². The molecule has 188 valence electrons. The second-order valence-corrected chi connectivity index (χ2v) is 10.8. The molecule has 0 spiro atoms. The number of fused-ring (bicyclic) bond motifs is 2. The zero-order chi connectivity index (χ0) is 26.0. The van der Waals surface area contributed by atoms with E-state index in [-0.39, 0.29) is 5.92 Å². The lowest BCUT2D eigenvalue weighted by Gasteiger charge is -2.40. The summed E-state index contributed by atoms with van der Waals surface area (Å²) in [6, 6.07) is 35.4. The number of methoxy groups -OCH3 is 1. The van der Waals surface area contributed by atoms with Gasteiger partial charge in [0.1, 0.15) is 11.4 Å². The van der Waals surface area contributed by atoms with Crippen molar-refractivity contribution in [1.29, 1.82) is 0 Å². The maximum atomic E-state index is 13.1. The quantitative estimate of drug-likeness (QED) is 0.213. The Hall–Kier alpha value is -3.18. The molecule has 0 aromatic heterocycles. The van der Waals surface area contributed by atoms with Crippen LogP contribution in [0.1, 0.15) is 29.0 Å². The summed E-state index contributed by atoms with van der Waals surface area (Å²) < 4.78 is 7.01. The molecule has 0 aliphatic carbocycles. The van der Waals surface area contributed by atoms with Crippen molar-refractivity contribution in [2.24, 2.45) is 0 Å². The van der Waals surface area contributed by atoms with Crippen molar-refractivity contribution in [3.05, 3.63) is 124 Å². The Morgan fingerprint density at radius 1 is 0.811 bits per heavy atom. The molecule has 37 heavy (non-hydrogen) atoms. The summed E-state index contributed by atoms with van der Waals surface area (Å²) in [5.74, 6) is 0.407.